The number of halogens is 3. The fourth-order valence-electron chi connectivity index (χ4n) is 3.10. The zero-order valence-electron chi connectivity index (χ0n) is 13.6. The molecular formula is C19H19Cl3N2O. The van der Waals surface area contributed by atoms with E-state index in [0.29, 0.717) is 33.8 Å². The minimum absolute atomic E-state index is 0.0139. The lowest BCUT2D eigenvalue weighted by atomic mass is 9.96. The van der Waals surface area contributed by atoms with E-state index in [9.17, 15) is 4.79 Å². The minimum atomic E-state index is -0.0592. The van der Waals surface area contributed by atoms with E-state index in [1.165, 1.54) is 0 Å². The lowest BCUT2D eigenvalue weighted by molar-refractivity contribution is -0.121. The summed E-state index contributed by atoms with van der Waals surface area (Å²) in [7, 11) is 0. The summed E-state index contributed by atoms with van der Waals surface area (Å²) < 4.78 is 0. The number of piperidine rings is 1. The first-order valence-corrected chi connectivity index (χ1v) is 9.38. The molecule has 1 N–H and O–H groups in total. The Balaban J connectivity index is 1.62. The zero-order chi connectivity index (χ0) is 17.8. The molecule has 1 aliphatic heterocycles. The molecule has 0 spiro atoms. The maximum atomic E-state index is 12.6. The number of para-hydroxylation sites is 1. The molecule has 3 nitrogen and oxygen atoms in total. The fraction of sp³-hybridized carbons (Fsp3) is 0.316. The predicted molar refractivity (Wildman–Crippen MR) is 105 cm³/mol. The number of anilines is 1. The van der Waals surface area contributed by atoms with Gasteiger partial charge >= 0.3 is 0 Å². The number of likely N-dealkylation sites (tertiary alicyclic amines) is 1. The van der Waals surface area contributed by atoms with Gasteiger partial charge in [0.2, 0.25) is 5.91 Å². The van der Waals surface area contributed by atoms with Crippen molar-refractivity contribution in [3.05, 3.63) is 63.1 Å². The Labute approximate surface area is 162 Å². The van der Waals surface area contributed by atoms with E-state index < -0.39 is 0 Å². The molecule has 2 aromatic carbocycles. The second-order valence-electron chi connectivity index (χ2n) is 6.28. The number of hydrogen-bond acceptors (Lipinski definition) is 2. The van der Waals surface area contributed by atoms with E-state index in [1.54, 1.807) is 12.1 Å². The quantitative estimate of drug-likeness (QED) is 0.739. The Morgan fingerprint density at radius 1 is 1.12 bits per heavy atom. The molecule has 0 bridgehead atoms. The SMILES string of the molecule is O=C(Nc1ccccc1Cl)[C@@H]1CCCN(Cc2ccc(Cl)cc2Cl)C1. The van der Waals surface area contributed by atoms with Gasteiger partial charge in [-0.25, -0.2) is 0 Å². The molecule has 0 aliphatic carbocycles. The van der Waals surface area contributed by atoms with E-state index >= 15 is 0 Å². The molecule has 1 aliphatic rings. The van der Waals surface area contributed by atoms with E-state index in [1.807, 2.05) is 30.3 Å². The number of benzene rings is 2. The summed E-state index contributed by atoms with van der Waals surface area (Å²) >= 11 is 18.3. The number of carbonyl (C=O) groups excluding carboxylic acids is 1. The number of hydrogen-bond donors (Lipinski definition) is 1. The summed E-state index contributed by atoms with van der Waals surface area (Å²) in [5.41, 5.74) is 1.69. The van der Waals surface area contributed by atoms with Gasteiger partial charge in [0.25, 0.3) is 0 Å². The third-order valence-corrected chi connectivity index (χ3v) is 5.33. The third-order valence-electron chi connectivity index (χ3n) is 4.42. The van der Waals surface area contributed by atoms with Crippen LogP contribution in [0, 0.1) is 5.92 Å². The van der Waals surface area contributed by atoms with Gasteiger partial charge in [-0.2, -0.15) is 0 Å². The van der Waals surface area contributed by atoms with Gasteiger partial charge in [-0.1, -0.05) is 53.0 Å². The van der Waals surface area contributed by atoms with Crippen LogP contribution in [-0.4, -0.2) is 23.9 Å². The predicted octanol–water partition coefficient (Wildman–Crippen LogP) is 5.50. The van der Waals surface area contributed by atoms with E-state index in [0.717, 1.165) is 24.9 Å². The second-order valence-corrected chi connectivity index (χ2v) is 7.53. The van der Waals surface area contributed by atoms with E-state index in [-0.39, 0.29) is 11.8 Å². The topological polar surface area (TPSA) is 32.3 Å². The Bertz CT molecular complexity index is 766. The lowest BCUT2D eigenvalue weighted by Crippen LogP contribution is -2.40. The van der Waals surface area contributed by atoms with Gasteiger partial charge in [0, 0.05) is 23.1 Å². The van der Waals surface area contributed by atoms with Crippen molar-refractivity contribution in [2.75, 3.05) is 18.4 Å². The first-order valence-electron chi connectivity index (χ1n) is 8.24. The first kappa shape index (κ1) is 18.5. The lowest BCUT2D eigenvalue weighted by Gasteiger charge is -2.32. The monoisotopic (exact) mass is 396 g/mol. The molecule has 132 valence electrons. The van der Waals surface area contributed by atoms with Gasteiger partial charge in [-0.15, -0.1) is 0 Å². The van der Waals surface area contributed by atoms with Crippen LogP contribution in [0.1, 0.15) is 18.4 Å². The highest BCUT2D eigenvalue weighted by atomic mass is 35.5. The van der Waals surface area contributed by atoms with Crippen molar-refractivity contribution < 1.29 is 4.79 Å². The molecule has 3 rings (SSSR count). The summed E-state index contributed by atoms with van der Waals surface area (Å²) in [6.07, 6.45) is 1.85. The Morgan fingerprint density at radius 3 is 2.68 bits per heavy atom. The van der Waals surface area contributed by atoms with Crippen LogP contribution in [0.5, 0.6) is 0 Å². The summed E-state index contributed by atoms with van der Waals surface area (Å²) in [5, 5.41) is 4.79. The van der Waals surface area contributed by atoms with Crippen molar-refractivity contribution in [1.29, 1.82) is 0 Å². The largest absolute Gasteiger partial charge is 0.324 e. The number of amides is 1. The van der Waals surface area contributed by atoms with Crippen LogP contribution in [0.2, 0.25) is 15.1 Å². The van der Waals surface area contributed by atoms with Crippen molar-refractivity contribution in [3.63, 3.8) is 0 Å². The fourth-order valence-corrected chi connectivity index (χ4v) is 3.75. The number of rotatable bonds is 4. The molecule has 1 saturated heterocycles. The normalized spacial score (nSPS) is 18.1. The van der Waals surface area contributed by atoms with Crippen LogP contribution in [0.25, 0.3) is 0 Å². The van der Waals surface area contributed by atoms with Crippen molar-refractivity contribution in [1.82, 2.24) is 4.90 Å². The van der Waals surface area contributed by atoms with Crippen LogP contribution in [-0.2, 0) is 11.3 Å². The maximum absolute atomic E-state index is 12.6. The molecule has 2 aromatic rings. The molecule has 0 radical (unpaired) electrons. The molecule has 25 heavy (non-hydrogen) atoms. The molecular weight excluding hydrogens is 379 g/mol. The van der Waals surface area contributed by atoms with E-state index in [2.05, 4.69) is 10.2 Å². The van der Waals surface area contributed by atoms with Crippen LogP contribution in [0.15, 0.2) is 42.5 Å². The molecule has 0 unspecified atom stereocenters. The van der Waals surface area contributed by atoms with Crippen molar-refractivity contribution >= 4 is 46.4 Å². The molecule has 0 aromatic heterocycles. The molecule has 1 heterocycles. The Kier molecular flexibility index (Phi) is 6.24. The molecule has 1 atom stereocenters. The van der Waals surface area contributed by atoms with Gasteiger partial charge in [-0.3, -0.25) is 9.69 Å². The highest BCUT2D eigenvalue weighted by molar-refractivity contribution is 6.35. The second kappa shape index (κ2) is 8.41. The number of nitrogens with zero attached hydrogens (tertiary/aromatic N) is 1. The standard InChI is InChI=1S/C19H19Cl3N2O/c20-15-8-7-13(17(22)10-15)11-24-9-3-4-14(12-24)19(25)23-18-6-2-1-5-16(18)21/h1-2,5-8,10,14H,3-4,9,11-12H2,(H,23,25)/t14-/m1/s1. The summed E-state index contributed by atoms with van der Waals surface area (Å²) in [6.45, 7) is 2.37. The summed E-state index contributed by atoms with van der Waals surface area (Å²) in [5.74, 6) is -0.0453. The molecule has 1 amide bonds. The van der Waals surface area contributed by atoms with Crippen LogP contribution < -0.4 is 5.32 Å². The highest BCUT2D eigenvalue weighted by Gasteiger charge is 2.26. The number of nitrogens with one attached hydrogen (secondary N) is 1. The molecule has 6 heteroatoms. The van der Waals surface area contributed by atoms with E-state index in [4.69, 9.17) is 34.8 Å². The van der Waals surface area contributed by atoms with Crippen LogP contribution >= 0.6 is 34.8 Å². The molecule has 1 fully saturated rings. The van der Waals surface area contributed by atoms with Crippen molar-refractivity contribution in [2.24, 2.45) is 5.92 Å². The highest BCUT2D eigenvalue weighted by Crippen LogP contribution is 2.26. The molecule has 0 saturated carbocycles. The van der Waals surface area contributed by atoms with Crippen LogP contribution in [0.3, 0.4) is 0 Å². The van der Waals surface area contributed by atoms with Gasteiger partial charge in [0.05, 0.1) is 16.6 Å². The average molecular weight is 398 g/mol. The average Bonchev–Trinajstić information content (AvgIpc) is 2.60. The Morgan fingerprint density at radius 2 is 1.92 bits per heavy atom. The van der Waals surface area contributed by atoms with Gasteiger partial charge in [-0.05, 0) is 49.2 Å². The third kappa shape index (κ3) is 4.89. The van der Waals surface area contributed by atoms with Gasteiger partial charge in [0.1, 0.15) is 0 Å². The summed E-state index contributed by atoms with van der Waals surface area (Å²) in [6, 6.07) is 12.8. The van der Waals surface area contributed by atoms with Crippen LogP contribution in [0.4, 0.5) is 5.69 Å². The smallest absolute Gasteiger partial charge is 0.228 e. The maximum Gasteiger partial charge on any atom is 0.228 e. The zero-order valence-corrected chi connectivity index (χ0v) is 15.9. The first-order chi connectivity index (χ1) is 12.0. The van der Waals surface area contributed by atoms with Gasteiger partial charge in [0.15, 0.2) is 0 Å². The number of carbonyl (C=O) groups is 1. The summed E-state index contributed by atoms with van der Waals surface area (Å²) in [4.78, 5) is 14.8. The van der Waals surface area contributed by atoms with Crippen molar-refractivity contribution in [3.8, 4) is 0 Å². The van der Waals surface area contributed by atoms with Gasteiger partial charge < -0.3 is 5.32 Å². The minimum Gasteiger partial charge on any atom is -0.324 e. The van der Waals surface area contributed by atoms with Crippen molar-refractivity contribution in [2.45, 2.75) is 19.4 Å². The Hall–Kier alpha value is -1.26.